The van der Waals surface area contributed by atoms with Crippen molar-refractivity contribution in [2.24, 2.45) is 0 Å². The van der Waals surface area contributed by atoms with Gasteiger partial charge in [0.2, 0.25) is 0 Å². The quantitative estimate of drug-likeness (QED) is 0.561. The molecule has 74 valence electrons. The van der Waals surface area contributed by atoms with Gasteiger partial charge in [0.25, 0.3) is 0 Å². The minimum atomic E-state index is -0.307. The number of carbonyl (C=O) groups is 1. The molecule has 0 aromatic carbocycles. The predicted molar refractivity (Wildman–Crippen MR) is 61.0 cm³/mol. The van der Waals surface area contributed by atoms with Crippen LogP contribution in [0.5, 0.6) is 0 Å². The van der Waals surface area contributed by atoms with Gasteiger partial charge in [0.15, 0.2) is 0 Å². The third-order valence-electron chi connectivity index (χ3n) is 1.95. The molecule has 0 unspecified atom stereocenters. The van der Waals surface area contributed by atoms with E-state index >= 15 is 0 Å². The van der Waals surface area contributed by atoms with Gasteiger partial charge in [-0.05, 0) is 18.4 Å². The first-order chi connectivity index (χ1) is 7.22. The average molecular weight is 217 g/mol. The minimum Gasteiger partial charge on any atom is -0.462 e. The van der Waals surface area contributed by atoms with Gasteiger partial charge in [0, 0.05) is 12.4 Å². The molecule has 15 heavy (non-hydrogen) atoms. The lowest BCUT2D eigenvalue weighted by Gasteiger charge is -1.95. The summed E-state index contributed by atoms with van der Waals surface area (Å²) in [5.74, 6) is -0.307. The molecule has 2 aromatic rings. The zero-order valence-electron chi connectivity index (χ0n) is 8.19. The molecule has 0 bridgehead atoms. The predicted octanol–water partition coefficient (Wildman–Crippen LogP) is 1.27. The molecule has 2 aromatic heterocycles. The smallest absolute Gasteiger partial charge is 0.348 e. The van der Waals surface area contributed by atoms with Crippen molar-refractivity contribution in [3.05, 3.63) is 23.3 Å². The van der Waals surface area contributed by atoms with Crippen LogP contribution in [0.2, 0.25) is 0 Å². The molecule has 2 radical (unpaired) electrons. The molecule has 0 saturated carbocycles. The van der Waals surface area contributed by atoms with Crippen molar-refractivity contribution in [3.8, 4) is 0 Å². The van der Waals surface area contributed by atoms with Gasteiger partial charge in [-0.2, -0.15) is 0 Å². The summed E-state index contributed by atoms with van der Waals surface area (Å²) >= 11 is 1.34. The van der Waals surface area contributed by atoms with Gasteiger partial charge in [-0.1, -0.05) is 5.46 Å². The molecular weight excluding hydrogens is 209 g/mol. The van der Waals surface area contributed by atoms with E-state index in [-0.39, 0.29) is 5.97 Å². The lowest BCUT2D eigenvalue weighted by molar-refractivity contribution is 0.0532. The Labute approximate surface area is 92.5 Å². The Kier molecular flexibility index (Phi) is 2.73. The fourth-order valence-corrected chi connectivity index (χ4v) is 2.24. The van der Waals surface area contributed by atoms with E-state index in [4.69, 9.17) is 12.6 Å². The molecule has 0 aliphatic carbocycles. The van der Waals surface area contributed by atoms with Crippen molar-refractivity contribution >= 4 is 40.7 Å². The molecule has 0 spiro atoms. The van der Waals surface area contributed by atoms with Crippen LogP contribution in [0.4, 0.5) is 0 Å². The van der Waals surface area contributed by atoms with Gasteiger partial charge in [0.05, 0.1) is 11.3 Å². The van der Waals surface area contributed by atoms with Crippen LogP contribution < -0.4 is 5.46 Å². The number of esters is 1. The van der Waals surface area contributed by atoms with Crippen LogP contribution in [0.15, 0.2) is 18.5 Å². The molecule has 2 heterocycles. The summed E-state index contributed by atoms with van der Waals surface area (Å²) in [5.41, 5.74) is 0.583. The van der Waals surface area contributed by atoms with Crippen molar-refractivity contribution in [3.63, 3.8) is 0 Å². The number of ether oxygens (including phenoxy) is 1. The number of thiophene rings is 1. The Balaban J connectivity index is 2.47. The number of hydrogen-bond donors (Lipinski definition) is 0. The lowest BCUT2D eigenvalue weighted by Crippen LogP contribution is -2.03. The number of aromatic nitrogens is 1. The second-order valence-electron chi connectivity index (χ2n) is 2.97. The van der Waals surface area contributed by atoms with Gasteiger partial charge in [-0.3, -0.25) is 4.98 Å². The number of rotatable bonds is 2. The van der Waals surface area contributed by atoms with E-state index in [2.05, 4.69) is 4.98 Å². The van der Waals surface area contributed by atoms with Gasteiger partial charge in [-0.15, -0.1) is 11.3 Å². The zero-order valence-corrected chi connectivity index (χ0v) is 9.00. The van der Waals surface area contributed by atoms with Crippen LogP contribution in [0.1, 0.15) is 16.6 Å². The molecule has 2 rings (SSSR count). The Bertz CT molecular complexity index is 509. The lowest BCUT2D eigenvalue weighted by atomic mass is 9.95. The van der Waals surface area contributed by atoms with E-state index in [0.717, 1.165) is 10.1 Å². The van der Waals surface area contributed by atoms with Crippen molar-refractivity contribution in [2.75, 3.05) is 6.61 Å². The van der Waals surface area contributed by atoms with Crippen LogP contribution in [0.3, 0.4) is 0 Å². The second kappa shape index (κ2) is 4.02. The van der Waals surface area contributed by atoms with Crippen LogP contribution in [-0.2, 0) is 4.74 Å². The number of pyridine rings is 1. The van der Waals surface area contributed by atoms with Gasteiger partial charge in [0.1, 0.15) is 12.7 Å². The van der Waals surface area contributed by atoms with Crippen LogP contribution >= 0.6 is 11.3 Å². The minimum absolute atomic E-state index is 0.307. The Morgan fingerprint density at radius 2 is 2.40 bits per heavy atom. The average Bonchev–Trinajstić information content (AvgIpc) is 2.63. The molecule has 0 saturated heterocycles. The number of carbonyl (C=O) groups excluding carboxylic acids is 1. The van der Waals surface area contributed by atoms with E-state index in [1.54, 1.807) is 25.4 Å². The van der Waals surface area contributed by atoms with E-state index in [9.17, 15) is 4.79 Å². The Morgan fingerprint density at radius 3 is 3.07 bits per heavy atom. The number of fused-ring (bicyclic) bond motifs is 1. The molecule has 0 aliphatic rings. The highest BCUT2D eigenvalue weighted by molar-refractivity contribution is 7.20. The fraction of sp³-hybridized carbons (Fsp3) is 0.200. The van der Waals surface area contributed by atoms with E-state index in [1.807, 2.05) is 0 Å². The number of hydrogen-bond acceptors (Lipinski definition) is 4. The topological polar surface area (TPSA) is 39.2 Å². The highest BCUT2D eigenvalue weighted by atomic mass is 32.1. The monoisotopic (exact) mass is 217 g/mol. The van der Waals surface area contributed by atoms with Gasteiger partial charge in [-0.25, -0.2) is 4.79 Å². The maximum atomic E-state index is 11.5. The molecule has 5 heteroatoms. The van der Waals surface area contributed by atoms with Crippen molar-refractivity contribution in [2.45, 2.75) is 6.92 Å². The normalized spacial score (nSPS) is 10.5. The summed E-state index contributed by atoms with van der Waals surface area (Å²) in [5, 5.41) is 0.859. The van der Waals surface area contributed by atoms with Crippen molar-refractivity contribution in [1.29, 1.82) is 0 Å². The Hall–Kier alpha value is -1.36. The molecule has 3 nitrogen and oxygen atoms in total. The largest absolute Gasteiger partial charge is 0.462 e. The standard InChI is InChI=1S/C10H8BNO2S/c1-2-14-10(13)8-3-6-7(11)4-12-5-9(6)15-8/h3-5H,2H2,1H3. The number of nitrogens with zero attached hydrogens (tertiary/aromatic N) is 1. The summed E-state index contributed by atoms with van der Waals surface area (Å²) in [6.07, 6.45) is 3.27. The second-order valence-corrected chi connectivity index (χ2v) is 4.06. The first-order valence-electron chi connectivity index (χ1n) is 4.52. The zero-order chi connectivity index (χ0) is 10.8. The highest BCUT2D eigenvalue weighted by Gasteiger charge is 2.11. The molecule has 0 fully saturated rings. The highest BCUT2D eigenvalue weighted by Crippen LogP contribution is 2.23. The van der Waals surface area contributed by atoms with Gasteiger partial charge < -0.3 is 4.74 Å². The molecule has 0 amide bonds. The Morgan fingerprint density at radius 1 is 1.60 bits per heavy atom. The first-order valence-corrected chi connectivity index (χ1v) is 5.34. The van der Waals surface area contributed by atoms with E-state index in [0.29, 0.717) is 16.9 Å². The molecular formula is C10H8BNO2S. The van der Waals surface area contributed by atoms with Crippen LogP contribution in [0.25, 0.3) is 10.1 Å². The summed E-state index contributed by atoms with van der Waals surface area (Å²) < 4.78 is 5.81. The molecule has 0 aliphatic heterocycles. The van der Waals surface area contributed by atoms with Crippen LogP contribution in [-0.4, -0.2) is 25.4 Å². The van der Waals surface area contributed by atoms with E-state index in [1.165, 1.54) is 11.3 Å². The molecule has 0 atom stereocenters. The first kappa shape index (κ1) is 10.2. The third-order valence-corrected chi connectivity index (χ3v) is 3.00. The van der Waals surface area contributed by atoms with Crippen molar-refractivity contribution in [1.82, 2.24) is 4.98 Å². The van der Waals surface area contributed by atoms with Crippen molar-refractivity contribution < 1.29 is 9.53 Å². The summed E-state index contributed by atoms with van der Waals surface area (Å²) in [6.45, 7) is 2.15. The summed E-state index contributed by atoms with van der Waals surface area (Å²) in [7, 11) is 5.74. The van der Waals surface area contributed by atoms with Crippen LogP contribution in [0, 0.1) is 0 Å². The summed E-state index contributed by atoms with van der Waals surface area (Å²) in [6, 6.07) is 1.75. The SMILES string of the molecule is [B]c1cncc2sc(C(=O)OCC)cc12. The maximum Gasteiger partial charge on any atom is 0.348 e. The third kappa shape index (κ3) is 1.87. The molecule has 0 N–H and O–H groups in total. The maximum absolute atomic E-state index is 11.5. The van der Waals surface area contributed by atoms with E-state index < -0.39 is 0 Å². The van der Waals surface area contributed by atoms with Gasteiger partial charge >= 0.3 is 5.97 Å². The summed E-state index contributed by atoms with van der Waals surface area (Å²) in [4.78, 5) is 16.0. The fourth-order valence-electron chi connectivity index (χ4n) is 1.28.